The van der Waals surface area contributed by atoms with Crippen molar-refractivity contribution in [1.82, 2.24) is 0 Å². The smallest absolute Gasteiger partial charge is 0.233 e. The Morgan fingerprint density at radius 2 is 2.15 bits per heavy atom. The van der Waals surface area contributed by atoms with E-state index in [0.29, 0.717) is 23.7 Å². The van der Waals surface area contributed by atoms with Crippen molar-refractivity contribution in [2.24, 2.45) is 11.3 Å². The van der Waals surface area contributed by atoms with Crippen molar-refractivity contribution in [1.29, 1.82) is 0 Å². The first kappa shape index (κ1) is 13.0. The first-order chi connectivity index (χ1) is 9.45. The Balaban J connectivity index is 1.81. The summed E-state index contributed by atoms with van der Waals surface area (Å²) in [6.45, 7) is 3.99. The Labute approximate surface area is 117 Å². The molecule has 5 heteroatoms. The van der Waals surface area contributed by atoms with Crippen LogP contribution in [-0.4, -0.2) is 18.4 Å². The second kappa shape index (κ2) is 4.51. The topological polar surface area (TPSA) is 67.4 Å². The molecule has 1 aromatic rings. The van der Waals surface area contributed by atoms with Crippen LogP contribution in [-0.2, 0) is 9.59 Å². The third-order valence-electron chi connectivity index (χ3n) is 3.65. The predicted molar refractivity (Wildman–Crippen MR) is 75.7 cm³/mol. The summed E-state index contributed by atoms with van der Waals surface area (Å²) >= 11 is 0. The standard InChI is InChI=1S/C15H18N2O3/c1-15(2)8-20-12-7-10(16-13(18)9-3-4-9)5-6-11(12)17-14(15)19/h5-7,9H,3-4,8H2,1-2H3,(H,16,18)(H,17,19). The zero-order valence-corrected chi connectivity index (χ0v) is 11.7. The predicted octanol–water partition coefficient (Wildman–Crippen LogP) is 2.39. The van der Waals surface area contributed by atoms with E-state index in [1.807, 2.05) is 13.8 Å². The van der Waals surface area contributed by atoms with Gasteiger partial charge in [-0.2, -0.15) is 0 Å². The molecule has 0 bridgehead atoms. The maximum Gasteiger partial charge on any atom is 0.233 e. The molecule has 1 aliphatic carbocycles. The minimum atomic E-state index is -0.573. The lowest BCUT2D eigenvalue weighted by atomic mass is 9.94. The number of ether oxygens (including phenoxy) is 1. The van der Waals surface area contributed by atoms with Crippen LogP contribution in [0.2, 0.25) is 0 Å². The highest BCUT2D eigenvalue weighted by Crippen LogP contribution is 2.35. The third kappa shape index (κ3) is 2.48. The van der Waals surface area contributed by atoms with Gasteiger partial charge in [-0.15, -0.1) is 0 Å². The van der Waals surface area contributed by atoms with Crippen molar-refractivity contribution >= 4 is 23.2 Å². The van der Waals surface area contributed by atoms with E-state index in [1.54, 1.807) is 18.2 Å². The lowest BCUT2D eigenvalue weighted by molar-refractivity contribution is -0.125. The number of benzene rings is 1. The van der Waals surface area contributed by atoms with E-state index in [2.05, 4.69) is 10.6 Å². The molecule has 5 nitrogen and oxygen atoms in total. The van der Waals surface area contributed by atoms with Crippen LogP contribution in [0.1, 0.15) is 26.7 Å². The highest BCUT2D eigenvalue weighted by molar-refractivity contribution is 5.98. The fourth-order valence-corrected chi connectivity index (χ4v) is 2.03. The first-order valence-electron chi connectivity index (χ1n) is 6.85. The number of hydrogen-bond acceptors (Lipinski definition) is 3. The van der Waals surface area contributed by atoms with Gasteiger partial charge in [0.2, 0.25) is 11.8 Å². The highest BCUT2D eigenvalue weighted by atomic mass is 16.5. The molecule has 1 heterocycles. The van der Waals surface area contributed by atoms with Crippen LogP contribution in [0, 0.1) is 11.3 Å². The summed E-state index contributed by atoms with van der Waals surface area (Å²) in [5.74, 6) is 0.750. The first-order valence-corrected chi connectivity index (χ1v) is 6.85. The summed E-state index contributed by atoms with van der Waals surface area (Å²) in [5.41, 5.74) is 0.774. The van der Waals surface area contributed by atoms with E-state index < -0.39 is 5.41 Å². The van der Waals surface area contributed by atoms with E-state index in [9.17, 15) is 9.59 Å². The van der Waals surface area contributed by atoms with Gasteiger partial charge in [0, 0.05) is 17.7 Å². The van der Waals surface area contributed by atoms with E-state index in [-0.39, 0.29) is 17.7 Å². The molecule has 106 valence electrons. The van der Waals surface area contributed by atoms with Crippen LogP contribution in [0.25, 0.3) is 0 Å². The summed E-state index contributed by atoms with van der Waals surface area (Å²) in [6, 6.07) is 5.30. The number of hydrogen-bond donors (Lipinski definition) is 2. The van der Waals surface area contributed by atoms with Gasteiger partial charge in [-0.25, -0.2) is 0 Å². The molecule has 2 amide bonds. The molecule has 1 fully saturated rings. The van der Waals surface area contributed by atoms with Crippen molar-refractivity contribution in [3.63, 3.8) is 0 Å². The van der Waals surface area contributed by atoms with Gasteiger partial charge in [0.1, 0.15) is 12.4 Å². The lowest BCUT2D eigenvalue weighted by Crippen LogP contribution is -2.33. The largest absolute Gasteiger partial charge is 0.490 e. The number of fused-ring (bicyclic) bond motifs is 1. The second-order valence-electron chi connectivity index (χ2n) is 6.10. The number of anilines is 2. The van der Waals surface area contributed by atoms with Gasteiger partial charge in [0.15, 0.2) is 0 Å². The van der Waals surface area contributed by atoms with E-state index >= 15 is 0 Å². The number of nitrogens with one attached hydrogen (secondary N) is 2. The summed E-state index contributed by atoms with van der Waals surface area (Å²) < 4.78 is 5.70. The van der Waals surface area contributed by atoms with Gasteiger partial charge in [-0.1, -0.05) is 0 Å². The molecule has 3 rings (SSSR count). The molecule has 0 radical (unpaired) electrons. The molecule has 1 aliphatic heterocycles. The molecular formula is C15H18N2O3. The molecule has 0 unspecified atom stereocenters. The quantitative estimate of drug-likeness (QED) is 0.870. The molecule has 2 aliphatic rings. The Hall–Kier alpha value is -2.04. The Morgan fingerprint density at radius 3 is 2.85 bits per heavy atom. The molecule has 0 saturated heterocycles. The van der Waals surface area contributed by atoms with Crippen LogP contribution >= 0.6 is 0 Å². The zero-order chi connectivity index (χ0) is 14.3. The minimum Gasteiger partial charge on any atom is -0.490 e. The van der Waals surface area contributed by atoms with Gasteiger partial charge >= 0.3 is 0 Å². The number of rotatable bonds is 2. The second-order valence-corrected chi connectivity index (χ2v) is 6.10. The minimum absolute atomic E-state index is 0.0583. The van der Waals surface area contributed by atoms with Crippen LogP contribution in [0.4, 0.5) is 11.4 Å². The van der Waals surface area contributed by atoms with Crippen LogP contribution in [0.5, 0.6) is 5.75 Å². The van der Waals surface area contributed by atoms with Gasteiger partial charge in [0.25, 0.3) is 0 Å². The Morgan fingerprint density at radius 1 is 1.40 bits per heavy atom. The van der Waals surface area contributed by atoms with Gasteiger partial charge in [-0.3, -0.25) is 9.59 Å². The molecular weight excluding hydrogens is 256 g/mol. The Kier molecular flexibility index (Phi) is 2.92. The normalized spacial score (nSPS) is 20.2. The maximum atomic E-state index is 12.0. The van der Waals surface area contributed by atoms with Crippen LogP contribution in [0.15, 0.2) is 18.2 Å². The van der Waals surface area contributed by atoms with Crippen LogP contribution < -0.4 is 15.4 Å². The van der Waals surface area contributed by atoms with Crippen LogP contribution in [0.3, 0.4) is 0 Å². The average molecular weight is 274 g/mol. The summed E-state index contributed by atoms with van der Waals surface area (Å²) in [5, 5.41) is 5.73. The molecule has 1 aromatic carbocycles. The van der Waals surface area contributed by atoms with E-state index in [4.69, 9.17) is 4.74 Å². The monoisotopic (exact) mass is 274 g/mol. The van der Waals surface area contributed by atoms with Crippen molar-refractivity contribution in [2.75, 3.05) is 17.2 Å². The highest BCUT2D eigenvalue weighted by Gasteiger charge is 2.33. The van der Waals surface area contributed by atoms with Gasteiger partial charge in [-0.05, 0) is 38.8 Å². The molecule has 2 N–H and O–H groups in total. The molecule has 0 atom stereocenters. The fourth-order valence-electron chi connectivity index (χ4n) is 2.03. The van der Waals surface area contributed by atoms with Crippen molar-refractivity contribution in [3.8, 4) is 5.75 Å². The zero-order valence-electron chi connectivity index (χ0n) is 11.7. The SMILES string of the molecule is CC1(C)COc2cc(NC(=O)C3CC3)ccc2NC1=O. The number of carbonyl (C=O) groups excluding carboxylic acids is 2. The molecule has 20 heavy (non-hydrogen) atoms. The fraction of sp³-hybridized carbons (Fsp3) is 0.467. The van der Waals surface area contributed by atoms with Gasteiger partial charge in [0.05, 0.1) is 11.1 Å². The van der Waals surface area contributed by atoms with Crippen molar-refractivity contribution in [2.45, 2.75) is 26.7 Å². The lowest BCUT2D eigenvalue weighted by Gasteiger charge is -2.18. The number of amides is 2. The van der Waals surface area contributed by atoms with Crippen molar-refractivity contribution in [3.05, 3.63) is 18.2 Å². The number of carbonyl (C=O) groups is 2. The third-order valence-corrected chi connectivity index (χ3v) is 3.65. The Bertz CT molecular complexity index is 576. The summed E-state index contributed by atoms with van der Waals surface area (Å²) in [7, 11) is 0. The molecule has 0 aromatic heterocycles. The molecule has 0 spiro atoms. The van der Waals surface area contributed by atoms with Crippen molar-refractivity contribution < 1.29 is 14.3 Å². The summed E-state index contributed by atoms with van der Waals surface area (Å²) in [6.07, 6.45) is 1.94. The van der Waals surface area contributed by atoms with Gasteiger partial charge < -0.3 is 15.4 Å². The average Bonchev–Trinajstić information content (AvgIpc) is 3.22. The van der Waals surface area contributed by atoms with E-state index in [0.717, 1.165) is 12.8 Å². The molecule has 1 saturated carbocycles. The summed E-state index contributed by atoms with van der Waals surface area (Å²) in [4.78, 5) is 23.7. The van der Waals surface area contributed by atoms with E-state index in [1.165, 1.54) is 0 Å². The maximum absolute atomic E-state index is 12.0.